The van der Waals surface area contributed by atoms with Crippen molar-refractivity contribution in [2.24, 2.45) is 7.05 Å². The minimum absolute atomic E-state index is 0.132. The second-order valence-electron chi connectivity index (χ2n) is 8.84. The van der Waals surface area contributed by atoms with Crippen LogP contribution in [0.25, 0.3) is 0 Å². The van der Waals surface area contributed by atoms with Crippen molar-refractivity contribution in [3.05, 3.63) is 77.2 Å². The van der Waals surface area contributed by atoms with Crippen molar-refractivity contribution in [1.29, 1.82) is 0 Å². The van der Waals surface area contributed by atoms with Gasteiger partial charge in [0.2, 0.25) is 6.29 Å². The summed E-state index contributed by atoms with van der Waals surface area (Å²) in [6.07, 6.45) is 3.78. The van der Waals surface area contributed by atoms with Gasteiger partial charge in [0.25, 0.3) is 5.91 Å². The monoisotopic (exact) mass is 477 g/mol. The van der Waals surface area contributed by atoms with Gasteiger partial charge in [0, 0.05) is 40.1 Å². The lowest BCUT2D eigenvalue weighted by Gasteiger charge is -2.59. The molecule has 2 bridgehead atoms. The van der Waals surface area contributed by atoms with Gasteiger partial charge in [-0.25, -0.2) is 9.78 Å². The summed E-state index contributed by atoms with van der Waals surface area (Å²) in [6.45, 7) is 0. The zero-order valence-corrected chi connectivity index (χ0v) is 20.0. The fraction of sp³-hybridized carbons (Fsp3) is 0.360. The zero-order valence-electron chi connectivity index (χ0n) is 20.0. The molecule has 0 spiro atoms. The Balaban J connectivity index is 1.53. The molecule has 1 amide bonds. The van der Waals surface area contributed by atoms with Gasteiger partial charge in [-0.05, 0) is 31.0 Å². The lowest BCUT2D eigenvalue weighted by Crippen LogP contribution is -2.66. The van der Waals surface area contributed by atoms with Crippen LogP contribution in [0.3, 0.4) is 0 Å². The molecule has 4 heterocycles. The van der Waals surface area contributed by atoms with Crippen molar-refractivity contribution >= 4 is 17.7 Å². The van der Waals surface area contributed by atoms with Crippen molar-refractivity contribution < 1.29 is 23.9 Å². The Labute approximate surface area is 203 Å². The molecule has 1 saturated carbocycles. The van der Waals surface area contributed by atoms with E-state index in [-0.39, 0.29) is 11.9 Å². The fourth-order valence-electron chi connectivity index (χ4n) is 4.95. The molecule has 35 heavy (non-hydrogen) atoms. The van der Waals surface area contributed by atoms with Crippen LogP contribution in [0.4, 0.5) is 5.82 Å². The Morgan fingerprint density at radius 1 is 1.09 bits per heavy atom. The first-order valence-electron chi connectivity index (χ1n) is 11.3. The number of hydroxylamine groups is 1. The first-order chi connectivity index (χ1) is 16.9. The van der Waals surface area contributed by atoms with E-state index in [2.05, 4.69) is 5.10 Å². The Bertz CT molecular complexity index is 1250. The van der Waals surface area contributed by atoms with E-state index in [0.29, 0.717) is 35.5 Å². The van der Waals surface area contributed by atoms with E-state index in [9.17, 15) is 9.59 Å². The number of carbonyl (C=O) groups excluding carboxylic acids is 2. The lowest BCUT2D eigenvalue weighted by molar-refractivity contribution is -0.108. The number of aromatic nitrogens is 3. The zero-order chi connectivity index (χ0) is 24.7. The number of ether oxygens (including phenoxy) is 2. The summed E-state index contributed by atoms with van der Waals surface area (Å²) < 4.78 is 12.4. The van der Waals surface area contributed by atoms with Gasteiger partial charge >= 0.3 is 5.97 Å². The highest BCUT2D eigenvalue weighted by atomic mass is 16.7. The third kappa shape index (κ3) is 3.75. The number of anilines is 1. The van der Waals surface area contributed by atoms with Gasteiger partial charge in [-0.1, -0.05) is 24.3 Å². The van der Waals surface area contributed by atoms with Gasteiger partial charge in [0.15, 0.2) is 5.82 Å². The smallest absolute Gasteiger partial charge is 0.350 e. The quantitative estimate of drug-likeness (QED) is 0.479. The van der Waals surface area contributed by atoms with Crippen molar-refractivity contribution in [3.8, 4) is 0 Å². The minimum atomic E-state index is -0.684. The minimum Gasteiger partial charge on any atom is -0.350 e. The number of nitrogens with zero attached hydrogens (tertiary/aromatic N) is 5. The normalized spacial score (nSPS) is 20.3. The third-order valence-electron chi connectivity index (χ3n) is 6.84. The van der Waals surface area contributed by atoms with Gasteiger partial charge in [-0.15, -0.1) is 0 Å². The topological polar surface area (TPSA) is 99.0 Å². The molecular weight excluding hydrogens is 450 g/mol. The molecule has 182 valence electrons. The van der Waals surface area contributed by atoms with Crippen LogP contribution < -0.4 is 5.06 Å². The molecule has 2 aromatic heterocycles. The molecule has 1 aromatic carbocycles. The van der Waals surface area contributed by atoms with Crippen LogP contribution in [0, 0.1) is 0 Å². The highest BCUT2D eigenvalue weighted by Gasteiger charge is 2.59. The Hall–Kier alpha value is -3.76. The van der Waals surface area contributed by atoms with E-state index >= 15 is 0 Å². The molecule has 0 saturated heterocycles. The third-order valence-corrected chi connectivity index (χ3v) is 6.84. The second kappa shape index (κ2) is 8.79. The SMILES string of the molecule is COC(OC)c1ccc2c(n1)N(OC(=O)c1ccccc1)C1CC2(N(C)C(=O)c2cnn(C)c2)C1. The fourth-order valence-corrected chi connectivity index (χ4v) is 4.95. The molecule has 0 unspecified atom stereocenters. The maximum absolute atomic E-state index is 13.3. The maximum atomic E-state index is 13.3. The number of carbonyl (C=O) groups is 2. The molecule has 1 aliphatic carbocycles. The number of aryl methyl sites for hydroxylation is 1. The molecule has 10 nitrogen and oxygen atoms in total. The van der Waals surface area contributed by atoms with Crippen LogP contribution in [0.5, 0.6) is 0 Å². The van der Waals surface area contributed by atoms with Crippen LogP contribution in [0.15, 0.2) is 54.9 Å². The number of amides is 1. The largest absolute Gasteiger partial charge is 0.363 e. The van der Waals surface area contributed by atoms with Crippen LogP contribution in [-0.2, 0) is 26.9 Å². The number of rotatable bonds is 7. The van der Waals surface area contributed by atoms with Crippen LogP contribution >= 0.6 is 0 Å². The first kappa shape index (κ1) is 23.0. The number of hydrogen-bond acceptors (Lipinski definition) is 8. The Morgan fingerprint density at radius 2 is 1.80 bits per heavy atom. The van der Waals surface area contributed by atoms with Crippen molar-refractivity contribution in [3.63, 3.8) is 0 Å². The predicted octanol–water partition coefficient (Wildman–Crippen LogP) is 2.83. The highest BCUT2D eigenvalue weighted by Crippen LogP contribution is 2.56. The Morgan fingerprint density at radius 3 is 2.43 bits per heavy atom. The second-order valence-corrected chi connectivity index (χ2v) is 8.84. The number of pyridine rings is 1. The van der Waals surface area contributed by atoms with E-state index in [4.69, 9.17) is 19.3 Å². The van der Waals surface area contributed by atoms with E-state index in [0.717, 1.165) is 5.56 Å². The van der Waals surface area contributed by atoms with Crippen molar-refractivity contribution in [2.45, 2.75) is 30.7 Å². The van der Waals surface area contributed by atoms with Gasteiger partial charge in [0.1, 0.15) is 0 Å². The Kier molecular flexibility index (Phi) is 5.78. The van der Waals surface area contributed by atoms with Crippen molar-refractivity contribution in [2.75, 3.05) is 26.3 Å². The molecular formula is C25H27N5O5. The average molecular weight is 478 g/mol. The number of hydrogen-bond donors (Lipinski definition) is 0. The number of methoxy groups -OCH3 is 2. The maximum Gasteiger partial charge on any atom is 0.363 e. The van der Waals surface area contributed by atoms with Crippen LogP contribution in [-0.4, -0.2) is 58.8 Å². The first-order valence-corrected chi connectivity index (χ1v) is 11.3. The summed E-state index contributed by atoms with van der Waals surface area (Å²) in [4.78, 5) is 38.6. The predicted molar refractivity (Wildman–Crippen MR) is 125 cm³/mol. The van der Waals surface area contributed by atoms with Crippen LogP contribution in [0.1, 0.15) is 51.1 Å². The summed E-state index contributed by atoms with van der Waals surface area (Å²) in [5.41, 5.74) is 1.71. The standard InChI is InChI=1S/C25H27N5O5/c1-28-15-17(14-26-28)22(31)29(2)25-12-18(13-25)30(35-23(32)16-8-6-5-7-9-16)21-19(25)10-11-20(27-21)24(33-3)34-4/h5-11,14-15,18,24H,12-13H2,1-4H3. The molecule has 0 N–H and O–H groups in total. The lowest BCUT2D eigenvalue weighted by atomic mass is 9.64. The molecule has 0 atom stereocenters. The molecule has 1 fully saturated rings. The van der Waals surface area contributed by atoms with Crippen LogP contribution in [0.2, 0.25) is 0 Å². The van der Waals surface area contributed by atoms with E-state index in [1.807, 2.05) is 18.2 Å². The van der Waals surface area contributed by atoms with E-state index in [1.165, 1.54) is 14.2 Å². The summed E-state index contributed by atoms with van der Waals surface area (Å²) >= 11 is 0. The summed E-state index contributed by atoms with van der Waals surface area (Å²) in [6, 6.07) is 12.4. The molecule has 2 aliphatic heterocycles. The summed E-state index contributed by atoms with van der Waals surface area (Å²) in [5.74, 6) is -0.134. The summed E-state index contributed by atoms with van der Waals surface area (Å²) in [7, 11) is 6.63. The van der Waals surface area contributed by atoms with Gasteiger partial charge < -0.3 is 19.2 Å². The van der Waals surface area contributed by atoms with E-state index in [1.54, 1.807) is 65.4 Å². The van der Waals surface area contributed by atoms with Gasteiger partial charge in [-0.3, -0.25) is 9.48 Å². The molecule has 3 aliphatic rings. The highest BCUT2D eigenvalue weighted by molar-refractivity contribution is 5.95. The van der Waals surface area contributed by atoms with Gasteiger partial charge in [-0.2, -0.15) is 10.2 Å². The molecule has 0 radical (unpaired) electrons. The molecule has 6 rings (SSSR count). The summed E-state index contributed by atoms with van der Waals surface area (Å²) in [5, 5.41) is 5.70. The number of benzene rings is 1. The molecule has 10 heteroatoms. The molecule has 3 aromatic rings. The average Bonchev–Trinajstić information content (AvgIpc) is 3.30. The van der Waals surface area contributed by atoms with Crippen molar-refractivity contribution in [1.82, 2.24) is 19.7 Å². The van der Waals surface area contributed by atoms with Gasteiger partial charge in [0.05, 0.1) is 34.6 Å². The van der Waals surface area contributed by atoms with E-state index < -0.39 is 17.8 Å².